The van der Waals surface area contributed by atoms with Crippen molar-refractivity contribution in [3.63, 3.8) is 0 Å². The summed E-state index contributed by atoms with van der Waals surface area (Å²) in [6.07, 6.45) is 0.379. The van der Waals surface area contributed by atoms with Crippen LogP contribution in [0.3, 0.4) is 0 Å². The van der Waals surface area contributed by atoms with Crippen LogP contribution in [0.5, 0.6) is 0 Å². The van der Waals surface area contributed by atoms with Crippen LogP contribution in [0.25, 0.3) is 10.8 Å². The van der Waals surface area contributed by atoms with Gasteiger partial charge in [0.25, 0.3) is 0 Å². The van der Waals surface area contributed by atoms with E-state index in [9.17, 15) is 9.59 Å². The number of halogens is 1. The Morgan fingerprint density at radius 3 is 2.46 bits per heavy atom. The van der Waals surface area contributed by atoms with Crippen molar-refractivity contribution in [2.45, 2.75) is 17.4 Å². The summed E-state index contributed by atoms with van der Waals surface area (Å²) in [4.78, 5) is 25.5. The Bertz CT molecular complexity index is 973. The molecular formula is C22H20ClNO3S. The lowest BCUT2D eigenvalue weighted by molar-refractivity contribution is -0.144. The van der Waals surface area contributed by atoms with E-state index in [1.54, 1.807) is 0 Å². The van der Waals surface area contributed by atoms with E-state index >= 15 is 0 Å². The number of carbonyl (C=O) groups is 2. The molecule has 1 atom stereocenters. The van der Waals surface area contributed by atoms with Crippen molar-refractivity contribution in [1.82, 2.24) is 5.32 Å². The van der Waals surface area contributed by atoms with E-state index < -0.39 is 12.0 Å². The number of carbonyl (C=O) groups excluding carboxylic acids is 2. The normalized spacial score (nSPS) is 11.8. The summed E-state index contributed by atoms with van der Waals surface area (Å²) in [6, 6.07) is 20.4. The molecule has 3 aromatic rings. The van der Waals surface area contributed by atoms with E-state index in [1.807, 2.05) is 66.7 Å². The summed E-state index contributed by atoms with van der Waals surface area (Å²) in [6.45, 7) is 0. The zero-order valence-corrected chi connectivity index (χ0v) is 16.9. The molecule has 0 aliphatic rings. The number of hydrogen-bond donors (Lipinski definition) is 1. The number of rotatable bonds is 7. The number of esters is 1. The molecule has 28 heavy (non-hydrogen) atoms. The monoisotopic (exact) mass is 413 g/mol. The van der Waals surface area contributed by atoms with Gasteiger partial charge in [-0.3, -0.25) is 4.79 Å². The molecule has 0 fully saturated rings. The fourth-order valence-electron chi connectivity index (χ4n) is 2.95. The van der Waals surface area contributed by atoms with Gasteiger partial charge in [-0.2, -0.15) is 0 Å². The van der Waals surface area contributed by atoms with Crippen molar-refractivity contribution in [2.75, 3.05) is 12.9 Å². The Balaban J connectivity index is 1.68. The lowest BCUT2D eigenvalue weighted by Crippen LogP contribution is -2.43. The minimum Gasteiger partial charge on any atom is -0.467 e. The summed E-state index contributed by atoms with van der Waals surface area (Å²) in [7, 11) is 1.32. The molecule has 0 heterocycles. The third kappa shape index (κ3) is 5.06. The molecule has 0 radical (unpaired) electrons. The summed E-state index contributed by atoms with van der Waals surface area (Å²) in [5.41, 5.74) is 0.951. The van der Waals surface area contributed by atoms with Gasteiger partial charge in [0.05, 0.1) is 12.9 Å². The molecule has 0 aliphatic heterocycles. The van der Waals surface area contributed by atoms with Crippen molar-refractivity contribution >= 4 is 46.0 Å². The van der Waals surface area contributed by atoms with Gasteiger partial charge in [-0.15, -0.1) is 11.8 Å². The first-order chi connectivity index (χ1) is 13.6. The first-order valence-electron chi connectivity index (χ1n) is 8.79. The fourth-order valence-corrected chi connectivity index (χ4v) is 4.20. The van der Waals surface area contributed by atoms with Crippen LogP contribution < -0.4 is 5.32 Å². The molecule has 144 valence electrons. The van der Waals surface area contributed by atoms with E-state index in [-0.39, 0.29) is 11.7 Å². The average Bonchev–Trinajstić information content (AvgIpc) is 2.72. The summed E-state index contributed by atoms with van der Waals surface area (Å²) in [5.74, 6) is -0.525. The smallest absolute Gasteiger partial charge is 0.328 e. The van der Waals surface area contributed by atoms with Crippen LogP contribution in [0.4, 0.5) is 0 Å². The Labute approximate surface area is 173 Å². The van der Waals surface area contributed by atoms with Crippen molar-refractivity contribution in [3.05, 3.63) is 77.3 Å². The third-order valence-corrected chi connectivity index (χ3v) is 5.65. The van der Waals surface area contributed by atoms with Crippen LogP contribution >= 0.6 is 23.4 Å². The van der Waals surface area contributed by atoms with E-state index in [0.29, 0.717) is 11.4 Å². The largest absolute Gasteiger partial charge is 0.467 e. The van der Waals surface area contributed by atoms with Crippen LogP contribution in [-0.2, 0) is 20.7 Å². The number of thioether (sulfide) groups is 1. The molecule has 0 aromatic heterocycles. The Hall–Kier alpha value is -2.50. The minimum absolute atomic E-state index is 0.173. The van der Waals surface area contributed by atoms with Gasteiger partial charge in [0.1, 0.15) is 6.04 Å². The van der Waals surface area contributed by atoms with Gasteiger partial charge in [0, 0.05) is 21.7 Å². The second kappa shape index (κ2) is 9.62. The molecule has 3 rings (SSSR count). The standard InChI is InChI=1S/C22H20ClNO3S/c1-27-22(26)18(13-15-7-3-2-4-8-15)24-20(25)14-28-19-12-6-10-16-9-5-11-17(23)21(16)19/h2-12,18H,13-14H2,1H3,(H,24,25). The van der Waals surface area contributed by atoms with Crippen molar-refractivity contribution in [2.24, 2.45) is 0 Å². The first kappa shape index (κ1) is 20.2. The molecule has 1 amide bonds. The van der Waals surface area contributed by atoms with Gasteiger partial charge in [0.2, 0.25) is 5.91 Å². The van der Waals surface area contributed by atoms with Gasteiger partial charge < -0.3 is 10.1 Å². The lowest BCUT2D eigenvalue weighted by atomic mass is 10.1. The van der Waals surface area contributed by atoms with Crippen LogP contribution in [-0.4, -0.2) is 30.8 Å². The van der Waals surface area contributed by atoms with Crippen LogP contribution in [0.1, 0.15) is 5.56 Å². The lowest BCUT2D eigenvalue weighted by Gasteiger charge is -2.17. The summed E-state index contributed by atoms with van der Waals surface area (Å²) in [5, 5.41) is 5.38. The zero-order valence-electron chi connectivity index (χ0n) is 15.4. The fraction of sp³-hybridized carbons (Fsp3) is 0.182. The predicted molar refractivity (Wildman–Crippen MR) is 114 cm³/mol. The average molecular weight is 414 g/mol. The minimum atomic E-state index is -0.725. The molecule has 0 spiro atoms. The first-order valence-corrected chi connectivity index (χ1v) is 10.2. The number of ether oxygens (including phenoxy) is 1. The maximum absolute atomic E-state index is 12.5. The molecule has 3 aromatic carbocycles. The molecule has 0 saturated heterocycles. The second-order valence-electron chi connectivity index (χ2n) is 6.22. The van der Waals surface area contributed by atoms with Gasteiger partial charge >= 0.3 is 5.97 Å². The number of hydrogen-bond acceptors (Lipinski definition) is 4. The van der Waals surface area contributed by atoms with Gasteiger partial charge in [-0.25, -0.2) is 4.79 Å². The van der Waals surface area contributed by atoms with E-state index in [0.717, 1.165) is 21.2 Å². The SMILES string of the molecule is COC(=O)C(Cc1ccccc1)NC(=O)CSc1cccc2cccc(Cl)c12. The van der Waals surface area contributed by atoms with Crippen LogP contribution in [0.15, 0.2) is 71.6 Å². The Morgan fingerprint density at radius 1 is 1.04 bits per heavy atom. The maximum Gasteiger partial charge on any atom is 0.328 e. The highest BCUT2D eigenvalue weighted by Gasteiger charge is 2.22. The molecule has 0 aliphatic carbocycles. The highest BCUT2D eigenvalue weighted by atomic mass is 35.5. The van der Waals surface area contributed by atoms with Crippen molar-refractivity contribution in [3.8, 4) is 0 Å². The second-order valence-corrected chi connectivity index (χ2v) is 7.64. The van der Waals surface area contributed by atoms with Gasteiger partial charge in [0.15, 0.2) is 0 Å². The Morgan fingerprint density at radius 2 is 1.75 bits per heavy atom. The van der Waals surface area contributed by atoms with Gasteiger partial charge in [-0.1, -0.05) is 66.2 Å². The molecule has 6 heteroatoms. The summed E-state index contributed by atoms with van der Waals surface area (Å²) >= 11 is 7.73. The molecule has 0 saturated carbocycles. The maximum atomic E-state index is 12.5. The topological polar surface area (TPSA) is 55.4 Å². The third-order valence-electron chi connectivity index (χ3n) is 4.28. The highest BCUT2D eigenvalue weighted by Crippen LogP contribution is 2.33. The van der Waals surface area contributed by atoms with Crippen LogP contribution in [0, 0.1) is 0 Å². The number of fused-ring (bicyclic) bond motifs is 1. The molecule has 1 unspecified atom stereocenters. The number of amides is 1. The van der Waals surface area contributed by atoms with E-state index in [2.05, 4.69) is 5.32 Å². The number of benzene rings is 3. The highest BCUT2D eigenvalue weighted by molar-refractivity contribution is 8.00. The van der Waals surface area contributed by atoms with E-state index in [1.165, 1.54) is 18.9 Å². The van der Waals surface area contributed by atoms with E-state index in [4.69, 9.17) is 16.3 Å². The molecule has 0 bridgehead atoms. The quantitative estimate of drug-likeness (QED) is 0.458. The van der Waals surface area contributed by atoms with Gasteiger partial charge in [-0.05, 0) is 23.1 Å². The Kier molecular flexibility index (Phi) is 6.95. The molecular weight excluding hydrogens is 394 g/mol. The summed E-state index contributed by atoms with van der Waals surface area (Å²) < 4.78 is 4.84. The van der Waals surface area contributed by atoms with Crippen molar-refractivity contribution in [1.29, 1.82) is 0 Å². The predicted octanol–water partition coefficient (Wildman–Crippen LogP) is 4.49. The van der Waals surface area contributed by atoms with Crippen molar-refractivity contribution < 1.29 is 14.3 Å². The van der Waals surface area contributed by atoms with Crippen LogP contribution in [0.2, 0.25) is 5.02 Å². The molecule has 1 N–H and O–H groups in total. The number of methoxy groups -OCH3 is 1. The molecule has 4 nitrogen and oxygen atoms in total. The number of nitrogens with one attached hydrogen (secondary N) is 1. The zero-order chi connectivity index (χ0) is 19.9.